The van der Waals surface area contributed by atoms with Crippen molar-refractivity contribution in [3.63, 3.8) is 0 Å². The van der Waals surface area contributed by atoms with Gasteiger partial charge in [-0.15, -0.1) is 0 Å². The number of carbonyl (C=O) groups is 5. The van der Waals surface area contributed by atoms with Crippen LogP contribution in [0.1, 0.15) is 138 Å². The number of ether oxygens (including phenoxy) is 4. The molecule has 7 rings (SSSR count). The third-order valence-electron chi connectivity index (χ3n) is 7.86. The van der Waals surface area contributed by atoms with Crippen LogP contribution in [0.3, 0.4) is 0 Å². The van der Waals surface area contributed by atoms with E-state index in [1.807, 2.05) is 13.0 Å². The van der Waals surface area contributed by atoms with Crippen molar-refractivity contribution in [3.05, 3.63) is 69.1 Å². The minimum atomic E-state index is -0.454. The summed E-state index contributed by atoms with van der Waals surface area (Å²) >= 11 is 0. The van der Waals surface area contributed by atoms with Crippen LogP contribution in [-0.2, 0) is 44.6 Å². The van der Waals surface area contributed by atoms with Crippen molar-refractivity contribution in [1.29, 1.82) is 0 Å². The molecule has 3 aliphatic carbocycles. The maximum Gasteiger partial charge on any atom is 0.354 e. The zero-order valence-corrected chi connectivity index (χ0v) is 27.1. The van der Waals surface area contributed by atoms with Crippen LogP contribution >= 0.6 is 0 Å². The largest absolute Gasteiger partial charge is 0.461 e. The number of aryl methyl sites for hydroxylation is 4. The van der Waals surface area contributed by atoms with Gasteiger partial charge < -0.3 is 39.0 Å². The summed E-state index contributed by atoms with van der Waals surface area (Å²) in [7, 11) is 0. The molecular weight excluding hydrogens is 622 g/mol. The van der Waals surface area contributed by atoms with Crippen LogP contribution in [0.15, 0.2) is 18.2 Å². The molecule has 0 amide bonds. The average Bonchev–Trinajstić information content (AvgIpc) is 3.93. The monoisotopic (exact) mass is 673 g/mol. The number of rotatable bonds is 6. The number of Topliss-reactive ketones (excluding diaryl/α,β-unsaturated/α-hetero) is 2. The topological polar surface area (TPSA) is 190 Å². The Kier molecular flexibility index (Phi) is 13.8. The van der Waals surface area contributed by atoms with E-state index in [9.17, 15) is 24.0 Å². The number of hydrogen-bond donors (Lipinski definition) is 4. The number of esters is 3. The molecule has 264 valence electrons. The molecule has 0 radical (unpaired) electrons. The smallest absolute Gasteiger partial charge is 0.354 e. The standard InChI is InChI=1S/2C10H11NO3.C10H13NO2.C4H8O2.CH4.H2/c1-2-14-10(13)8-5-6-7(11-8)3-4-9(6)12;1-2-14-10(13)7-5-6-3-4-8(12)9(6)11-7;1-2-13-10(12)9-6-7-4-3-5-8(7)11-9;5-4-2-1-3-6-4;;/h2*5,11H,2-4H2,1H3;6,11H,2-5H2,1H3;4-5H,1-3H2;1H4;1H/i;;;;;1+1D. The maximum absolute atomic E-state index is 11.3. The van der Waals surface area contributed by atoms with Crippen LogP contribution < -0.4 is 0 Å². The fourth-order valence-corrected chi connectivity index (χ4v) is 5.59. The molecule has 0 aromatic carbocycles. The summed E-state index contributed by atoms with van der Waals surface area (Å²) in [5, 5.41) is 8.51. The van der Waals surface area contributed by atoms with Crippen molar-refractivity contribution < 1.29 is 51.0 Å². The van der Waals surface area contributed by atoms with Crippen LogP contribution in [0.4, 0.5) is 0 Å². The quantitative estimate of drug-likeness (QED) is 0.197. The predicted octanol–water partition coefficient (Wildman–Crippen LogP) is 5.32. The second-order valence-electron chi connectivity index (χ2n) is 11.2. The second-order valence-corrected chi connectivity index (χ2v) is 11.2. The van der Waals surface area contributed by atoms with Gasteiger partial charge in [-0.25, -0.2) is 14.4 Å². The minimum absolute atomic E-state index is 0. The van der Waals surface area contributed by atoms with E-state index in [0.717, 1.165) is 50.0 Å². The fraction of sp³-hybridized carbons (Fsp3) is 0.514. The van der Waals surface area contributed by atoms with E-state index in [0.29, 0.717) is 67.4 Å². The average molecular weight is 674 g/mol. The third-order valence-corrected chi connectivity index (χ3v) is 7.86. The number of nitrogens with one attached hydrogen (secondary N) is 3. The molecule has 1 unspecified atom stereocenters. The van der Waals surface area contributed by atoms with Crippen molar-refractivity contribution in [3.8, 4) is 0 Å². The lowest BCUT2D eigenvalue weighted by Gasteiger charge is -1.97. The first kappa shape index (κ1) is 36.3. The lowest BCUT2D eigenvalue weighted by Crippen LogP contribution is -2.06. The van der Waals surface area contributed by atoms with Gasteiger partial charge >= 0.3 is 17.9 Å². The van der Waals surface area contributed by atoms with Crippen molar-refractivity contribution in [2.75, 3.05) is 26.4 Å². The van der Waals surface area contributed by atoms with E-state index in [2.05, 4.69) is 15.0 Å². The van der Waals surface area contributed by atoms with Crippen LogP contribution in [0, 0.1) is 0 Å². The summed E-state index contributed by atoms with van der Waals surface area (Å²) in [5.41, 5.74) is 6.87. The number of aliphatic hydroxyl groups excluding tert-OH is 1. The van der Waals surface area contributed by atoms with E-state index in [1.165, 1.54) is 17.7 Å². The molecule has 0 bridgehead atoms. The first-order valence-electron chi connectivity index (χ1n) is 17.2. The van der Waals surface area contributed by atoms with Crippen molar-refractivity contribution in [2.24, 2.45) is 0 Å². The van der Waals surface area contributed by atoms with Gasteiger partial charge in [0.1, 0.15) is 17.1 Å². The Labute approximate surface area is 283 Å². The van der Waals surface area contributed by atoms with Crippen molar-refractivity contribution in [1.82, 2.24) is 15.0 Å². The fourth-order valence-electron chi connectivity index (χ4n) is 5.59. The number of carbonyl (C=O) groups excluding carboxylic acids is 5. The summed E-state index contributed by atoms with van der Waals surface area (Å²) < 4.78 is 29.2. The molecule has 1 atom stereocenters. The van der Waals surface area contributed by atoms with E-state index < -0.39 is 18.2 Å². The van der Waals surface area contributed by atoms with Crippen LogP contribution in [0.2, 0.25) is 0 Å². The lowest BCUT2D eigenvalue weighted by atomic mass is 10.2. The van der Waals surface area contributed by atoms with Gasteiger partial charge in [0.2, 0.25) is 0 Å². The highest BCUT2D eigenvalue weighted by molar-refractivity contribution is 6.03. The molecular formula is C35H49N3O10. The summed E-state index contributed by atoms with van der Waals surface area (Å²) in [6.07, 6.45) is 7.25. The molecule has 13 nitrogen and oxygen atoms in total. The molecule has 13 heteroatoms. The molecule has 3 aromatic rings. The second kappa shape index (κ2) is 18.2. The Bertz CT molecular complexity index is 1490. The Morgan fingerprint density at radius 3 is 1.81 bits per heavy atom. The van der Waals surface area contributed by atoms with Crippen LogP contribution in [0.25, 0.3) is 0 Å². The predicted molar refractivity (Wildman–Crippen MR) is 178 cm³/mol. The number of H-pyrrole nitrogens is 3. The molecule has 1 fully saturated rings. The number of ketones is 2. The van der Waals surface area contributed by atoms with Gasteiger partial charge in [-0.1, -0.05) is 7.43 Å². The number of aliphatic hydroxyl groups is 1. The summed E-state index contributed by atoms with van der Waals surface area (Å²) in [5.74, 6) is -0.844. The number of aromatic nitrogens is 3. The molecule has 3 aromatic heterocycles. The first-order chi connectivity index (χ1) is 23.6. The van der Waals surface area contributed by atoms with Gasteiger partial charge in [0.25, 0.3) is 0 Å². The summed E-state index contributed by atoms with van der Waals surface area (Å²) in [6.45, 7) is 7.17. The first-order valence-corrected chi connectivity index (χ1v) is 16.2. The van der Waals surface area contributed by atoms with Gasteiger partial charge in [0.05, 0.1) is 25.5 Å². The highest BCUT2D eigenvalue weighted by Gasteiger charge is 2.25. The summed E-state index contributed by atoms with van der Waals surface area (Å²) in [4.78, 5) is 65.3. The van der Waals surface area contributed by atoms with Crippen molar-refractivity contribution >= 4 is 29.5 Å². The van der Waals surface area contributed by atoms with Gasteiger partial charge in [-0.2, -0.15) is 0 Å². The lowest BCUT2D eigenvalue weighted by molar-refractivity contribution is -0.0589. The Balaban J connectivity index is 0.000000233. The molecule has 4 heterocycles. The van der Waals surface area contributed by atoms with Gasteiger partial charge in [-0.05, 0) is 88.6 Å². The van der Waals surface area contributed by atoms with E-state index in [-0.39, 0.29) is 25.0 Å². The van der Waals surface area contributed by atoms with E-state index in [1.54, 1.807) is 26.0 Å². The minimum Gasteiger partial charge on any atom is -0.461 e. The molecule has 4 aliphatic rings. The molecule has 1 aliphatic heterocycles. The molecule has 4 N–H and O–H groups in total. The number of hydrogen-bond acceptors (Lipinski definition) is 10. The third kappa shape index (κ3) is 9.77. The highest BCUT2D eigenvalue weighted by Crippen LogP contribution is 2.24. The number of aromatic amines is 3. The van der Waals surface area contributed by atoms with E-state index in [4.69, 9.17) is 27.0 Å². The van der Waals surface area contributed by atoms with Crippen LogP contribution in [-0.4, -0.2) is 82.3 Å². The SMILES string of the molecule is C.CCOC(=O)c1cc2c([nH]1)C(=O)CC2.CCOC(=O)c1cc2c([nH]1)CCC2.CCOC(=O)c1cc2c([nH]1)CCC2=O.OC1CCCO1.[2H][2H]. The van der Waals surface area contributed by atoms with Gasteiger partial charge in [0, 0.05) is 45.8 Å². The molecule has 48 heavy (non-hydrogen) atoms. The normalized spacial score (nSPS) is 16.6. The maximum atomic E-state index is 11.3. The zero-order valence-electron chi connectivity index (χ0n) is 29.1. The number of fused-ring (bicyclic) bond motifs is 3. The molecule has 0 saturated carbocycles. The Morgan fingerprint density at radius 1 is 0.750 bits per heavy atom. The Hall–Kier alpha value is -4.49. The van der Waals surface area contributed by atoms with Crippen LogP contribution in [0.5, 0.6) is 0 Å². The summed E-state index contributed by atoms with van der Waals surface area (Å²) in [6, 6.07) is 5.21. The molecule has 0 spiro atoms. The highest BCUT2D eigenvalue weighted by atomic mass is 16.6. The van der Waals surface area contributed by atoms with Crippen molar-refractivity contribution in [2.45, 2.75) is 92.3 Å². The van der Waals surface area contributed by atoms with Gasteiger partial charge in [-0.3, -0.25) is 9.59 Å². The van der Waals surface area contributed by atoms with Gasteiger partial charge in [0.15, 0.2) is 17.9 Å². The van der Waals surface area contributed by atoms with E-state index >= 15 is 0 Å². The Morgan fingerprint density at radius 2 is 1.31 bits per heavy atom. The molecule has 1 saturated heterocycles. The zero-order chi connectivity index (χ0) is 35.9.